The largest absolute Gasteiger partial charge is 0.349 e. The van der Waals surface area contributed by atoms with Gasteiger partial charge < -0.3 is 9.01 Å². The van der Waals surface area contributed by atoms with Gasteiger partial charge in [0.2, 0.25) is 0 Å². The summed E-state index contributed by atoms with van der Waals surface area (Å²) in [5, 5.41) is 0. The van der Waals surface area contributed by atoms with E-state index < -0.39 is 5.92 Å². The fraction of sp³-hybridized carbons (Fsp3) is 0.946. The van der Waals surface area contributed by atoms with Crippen molar-refractivity contribution in [3.63, 3.8) is 0 Å². The third kappa shape index (κ3) is 29.7. The number of Topliss-reactive ketones (excluding diaryl/α,β-unsaturated/α-hetero) is 1. The van der Waals surface area contributed by atoms with Crippen LogP contribution in [0.5, 0.6) is 0 Å². The van der Waals surface area contributed by atoms with Crippen LogP contribution in [0.15, 0.2) is 0 Å². The molecule has 0 radical (unpaired) electrons. The molecule has 0 aliphatic heterocycles. The third-order valence-electron chi connectivity index (χ3n) is 8.62. The highest BCUT2D eigenvalue weighted by atomic mass is 31.1. The van der Waals surface area contributed by atoms with Gasteiger partial charge in [-0.1, -0.05) is 168 Å². The van der Waals surface area contributed by atoms with Crippen LogP contribution in [-0.2, 0) is 14.1 Å². The van der Waals surface area contributed by atoms with E-state index in [2.05, 4.69) is 35.0 Å². The van der Waals surface area contributed by atoms with Crippen molar-refractivity contribution in [1.82, 2.24) is 0 Å². The maximum absolute atomic E-state index is 13.1. The minimum atomic E-state index is -0.437. The summed E-state index contributed by atoms with van der Waals surface area (Å²) in [4.78, 5) is 26.1. The molecular weight excluding hydrogens is 537 g/mol. The molecule has 0 aliphatic carbocycles. The summed E-state index contributed by atoms with van der Waals surface area (Å²) < 4.78 is 6.56. The molecule has 0 spiro atoms. The molecule has 0 saturated heterocycles. The van der Waals surface area contributed by atoms with E-state index in [0.29, 0.717) is 13.0 Å². The second kappa shape index (κ2) is 30.7. The predicted octanol–water partition coefficient (Wildman–Crippen LogP) is 11.6. The number of unbranched alkanes of at least 4 members (excludes halogenated alkanes) is 23. The number of hydrogen-bond acceptors (Lipinski definition) is 3. The van der Waals surface area contributed by atoms with Crippen molar-refractivity contribution in [3.8, 4) is 0 Å². The molecule has 0 fully saturated rings. The highest BCUT2D eigenvalue weighted by molar-refractivity contribution is 7.53. The van der Waals surface area contributed by atoms with Crippen LogP contribution in [0.1, 0.15) is 187 Å². The van der Waals surface area contributed by atoms with E-state index >= 15 is 0 Å². The Morgan fingerprint density at radius 3 is 1.29 bits per heavy atom. The molecule has 250 valence electrons. The molecule has 0 aromatic heterocycles. The molecule has 0 aromatic carbocycles. The SMILES string of the molecule is CCCCCCCCCCCCCCCCCC(=O)C(CCCCCCCCCCCC)C(=O)POCC[N+](C)(C)C. The number of carbonyl (C=O) groups is 2. The molecule has 2 unspecified atom stereocenters. The minimum Gasteiger partial charge on any atom is -0.349 e. The standard InChI is InChI=1S/C37H75NO3P/c1-6-8-10-12-14-16-18-19-20-21-22-24-26-28-30-32-36(39)35(37(40)42-41-34-33-38(3,4)5)31-29-27-25-23-17-15-13-11-9-7-2/h35,42H,6-34H2,1-5H3/q+1. The average molecular weight is 613 g/mol. The van der Waals surface area contributed by atoms with Gasteiger partial charge in [0.25, 0.3) is 0 Å². The lowest BCUT2D eigenvalue weighted by molar-refractivity contribution is -0.870. The lowest BCUT2D eigenvalue weighted by Crippen LogP contribution is -2.37. The Hall–Kier alpha value is -0.310. The lowest BCUT2D eigenvalue weighted by Gasteiger charge is -2.23. The number of likely N-dealkylation sites (N-methyl/N-ethyl adjacent to an activating group) is 1. The van der Waals surface area contributed by atoms with E-state index in [0.717, 1.165) is 43.1 Å². The van der Waals surface area contributed by atoms with Gasteiger partial charge in [-0.3, -0.25) is 9.59 Å². The van der Waals surface area contributed by atoms with E-state index in [1.165, 1.54) is 135 Å². The quantitative estimate of drug-likeness (QED) is 0.0314. The van der Waals surface area contributed by atoms with Gasteiger partial charge in [0, 0.05) is 6.42 Å². The van der Waals surface area contributed by atoms with Gasteiger partial charge in [-0.25, -0.2) is 0 Å². The van der Waals surface area contributed by atoms with Crippen LogP contribution >= 0.6 is 8.81 Å². The lowest BCUT2D eigenvalue weighted by atomic mass is 9.93. The zero-order valence-electron chi connectivity index (χ0n) is 29.3. The number of hydrogen-bond donors (Lipinski definition) is 0. The second-order valence-electron chi connectivity index (χ2n) is 14.0. The Labute approximate surface area is 265 Å². The van der Waals surface area contributed by atoms with Crippen LogP contribution in [0, 0.1) is 5.92 Å². The van der Waals surface area contributed by atoms with Crippen LogP contribution in [0.4, 0.5) is 0 Å². The minimum absolute atomic E-state index is 0.0401. The van der Waals surface area contributed by atoms with Crippen molar-refractivity contribution in [1.29, 1.82) is 0 Å². The normalized spacial score (nSPS) is 12.9. The van der Waals surface area contributed by atoms with E-state index in [1.54, 1.807) is 0 Å². The Morgan fingerprint density at radius 1 is 0.548 bits per heavy atom. The maximum Gasteiger partial charge on any atom is 0.189 e. The highest BCUT2D eigenvalue weighted by Gasteiger charge is 2.26. The summed E-state index contributed by atoms with van der Waals surface area (Å²) >= 11 is 0. The molecule has 0 bridgehead atoms. The van der Waals surface area contributed by atoms with Crippen LogP contribution in [-0.4, -0.2) is 50.1 Å². The molecular formula is C37H75NO3P+. The number of nitrogens with zero attached hydrogens (tertiary/aromatic N) is 1. The van der Waals surface area contributed by atoms with Gasteiger partial charge in [0.1, 0.15) is 18.9 Å². The Kier molecular flexibility index (Phi) is 30.5. The van der Waals surface area contributed by atoms with E-state index in [9.17, 15) is 9.59 Å². The molecule has 0 saturated carbocycles. The first-order valence-electron chi connectivity index (χ1n) is 18.6. The Morgan fingerprint density at radius 2 is 0.905 bits per heavy atom. The molecule has 0 heterocycles. The Bertz CT molecular complexity index is 604. The van der Waals surface area contributed by atoms with Crippen molar-refractivity contribution in [2.45, 2.75) is 187 Å². The topological polar surface area (TPSA) is 43.4 Å². The summed E-state index contributed by atoms with van der Waals surface area (Å²) in [6.45, 7) is 5.99. The molecule has 0 aliphatic rings. The van der Waals surface area contributed by atoms with E-state index in [1.807, 2.05) is 0 Å². The van der Waals surface area contributed by atoms with Crippen molar-refractivity contribution in [2.24, 2.45) is 5.92 Å². The first kappa shape index (κ1) is 41.7. The first-order chi connectivity index (χ1) is 20.3. The maximum atomic E-state index is 13.1. The summed E-state index contributed by atoms with van der Waals surface area (Å²) in [7, 11) is 6.20. The third-order valence-corrected chi connectivity index (χ3v) is 9.51. The highest BCUT2D eigenvalue weighted by Crippen LogP contribution is 2.27. The second-order valence-corrected chi connectivity index (χ2v) is 15.0. The molecule has 4 nitrogen and oxygen atoms in total. The monoisotopic (exact) mass is 613 g/mol. The van der Waals surface area contributed by atoms with Gasteiger partial charge in [-0.2, -0.15) is 0 Å². The summed E-state index contributed by atoms with van der Waals surface area (Å²) in [6.07, 6.45) is 33.9. The summed E-state index contributed by atoms with van der Waals surface area (Å²) in [5.41, 5.74) is 0.0401. The van der Waals surface area contributed by atoms with Crippen LogP contribution in [0.2, 0.25) is 0 Å². The molecule has 5 heteroatoms. The molecule has 0 amide bonds. The zero-order valence-corrected chi connectivity index (χ0v) is 30.3. The summed E-state index contributed by atoms with van der Waals surface area (Å²) in [5.74, 6) is -0.263. The zero-order chi connectivity index (χ0) is 31.2. The first-order valence-corrected chi connectivity index (χ1v) is 19.5. The molecule has 0 aromatic rings. The van der Waals surface area contributed by atoms with Gasteiger partial charge in [-0.05, 0) is 12.8 Å². The van der Waals surface area contributed by atoms with Crippen LogP contribution in [0.25, 0.3) is 0 Å². The van der Waals surface area contributed by atoms with Gasteiger partial charge >= 0.3 is 0 Å². The van der Waals surface area contributed by atoms with Gasteiger partial charge in [0.15, 0.2) is 5.52 Å². The van der Waals surface area contributed by atoms with Crippen molar-refractivity contribution < 1.29 is 18.6 Å². The van der Waals surface area contributed by atoms with E-state index in [4.69, 9.17) is 4.52 Å². The average Bonchev–Trinajstić information content (AvgIpc) is 2.95. The number of ketones is 1. The molecule has 2 atom stereocenters. The fourth-order valence-electron chi connectivity index (χ4n) is 5.63. The molecule has 0 N–H and O–H groups in total. The number of carbonyl (C=O) groups excluding carboxylic acids is 2. The van der Waals surface area contributed by atoms with Gasteiger partial charge in [0.05, 0.1) is 35.9 Å². The van der Waals surface area contributed by atoms with Crippen LogP contribution < -0.4 is 0 Å². The van der Waals surface area contributed by atoms with E-state index in [-0.39, 0.29) is 20.1 Å². The molecule has 42 heavy (non-hydrogen) atoms. The fourth-order valence-corrected chi connectivity index (χ4v) is 6.41. The smallest absolute Gasteiger partial charge is 0.189 e. The van der Waals surface area contributed by atoms with Crippen molar-refractivity contribution >= 4 is 20.1 Å². The van der Waals surface area contributed by atoms with Crippen molar-refractivity contribution in [2.75, 3.05) is 34.3 Å². The molecule has 0 rings (SSSR count). The van der Waals surface area contributed by atoms with Crippen LogP contribution in [0.3, 0.4) is 0 Å². The number of rotatable bonds is 34. The Balaban J connectivity index is 4.13. The number of quaternary nitrogens is 1. The summed E-state index contributed by atoms with van der Waals surface area (Å²) in [6, 6.07) is 0. The van der Waals surface area contributed by atoms with Gasteiger partial charge in [-0.15, -0.1) is 0 Å². The predicted molar refractivity (Wildman–Crippen MR) is 187 cm³/mol. The van der Waals surface area contributed by atoms with Crippen molar-refractivity contribution in [3.05, 3.63) is 0 Å².